The second kappa shape index (κ2) is 7.96. The van der Waals surface area contributed by atoms with Crippen LogP contribution in [0.3, 0.4) is 0 Å². The number of carbonyl (C=O) groups is 1. The highest BCUT2D eigenvalue weighted by atomic mass is 79.9. The van der Waals surface area contributed by atoms with Crippen LogP contribution in [0, 0.1) is 0 Å². The molecule has 24 heavy (non-hydrogen) atoms. The minimum absolute atomic E-state index is 0.0642. The van der Waals surface area contributed by atoms with Crippen molar-refractivity contribution in [2.45, 2.75) is 18.6 Å². The monoisotopic (exact) mass is 422 g/mol. The molecule has 0 radical (unpaired) electrons. The van der Waals surface area contributed by atoms with Crippen LogP contribution in [-0.4, -0.2) is 26.4 Å². The van der Waals surface area contributed by atoms with Crippen LogP contribution in [0.5, 0.6) is 0 Å². The van der Waals surface area contributed by atoms with E-state index in [-0.39, 0.29) is 5.91 Å². The number of aromatic nitrogens is 3. The second-order valence-corrected chi connectivity index (χ2v) is 7.68. The molecule has 5 nitrogen and oxygen atoms in total. The molecule has 0 aliphatic rings. The Labute approximate surface area is 156 Å². The Bertz CT molecular complexity index is 815. The van der Waals surface area contributed by atoms with Crippen LogP contribution in [0.25, 0.3) is 10.7 Å². The van der Waals surface area contributed by atoms with Crippen LogP contribution < -0.4 is 5.32 Å². The van der Waals surface area contributed by atoms with Gasteiger partial charge < -0.3 is 9.88 Å². The van der Waals surface area contributed by atoms with E-state index >= 15 is 0 Å². The highest BCUT2D eigenvalue weighted by Gasteiger charge is 2.15. The molecule has 1 aromatic carbocycles. The van der Waals surface area contributed by atoms with Crippen LogP contribution >= 0.6 is 39.0 Å². The Hall–Kier alpha value is -1.64. The van der Waals surface area contributed by atoms with Gasteiger partial charge in [-0.05, 0) is 42.6 Å². The van der Waals surface area contributed by atoms with E-state index in [0.29, 0.717) is 5.75 Å². The van der Waals surface area contributed by atoms with Crippen molar-refractivity contribution in [3.63, 3.8) is 0 Å². The number of hydrogen-bond donors (Lipinski definition) is 1. The molecule has 2 heterocycles. The number of benzene rings is 1. The number of hydrogen-bond acceptors (Lipinski definition) is 5. The molecule has 0 aliphatic carbocycles. The predicted octanol–water partition coefficient (Wildman–Crippen LogP) is 4.52. The van der Waals surface area contributed by atoms with Gasteiger partial charge in [-0.25, -0.2) is 0 Å². The first-order chi connectivity index (χ1) is 11.7. The summed E-state index contributed by atoms with van der Waals surface area (Å²) in [6.07, 6.45) is 0. The van der Waals surface area contributed by atoms with Crippen LogP contribution in [-0.2, 0) is 11.3 Å². The second-order valence-electron chi connectivity index (χ2n) is 4.87. The van der Waals surface area contributed by atoms with Crippen molar-refractivity contribution in [3.8, 4) is 10.7 Å². The number of amides is 1. The number of thioether (sulfide) groups is 1. The molecule has 8 heteroatoms. The van der Waals surface area contributed by atoms with Gasteiger partial charge in [-0.15, -0.1) is 21.5 Å². The lowest BCUT2D eigenvalue weighted by molar-refractivity contribution is -0.113. The first-order valence-electron chi connectivity index (χ1n) is 7.32. The Morgan fingerprint density at radius 1 is 1.29 bits per heavy atom. The highest BCUT2D eigenvalue weighted by Crippen LogP contribution is 2.27. The van der Waals surface area contributed by atoms with E-state index in [1.54, 1.807) is 11.3 Å². The summed E-state index contributed by atoms with van der Waals surface area (Å²) in [5, 5.41) is 14.1. The number of carbonyl (C=O) groups excluding carboxylic acids is 1. The van der Waals surface area contributed by atoms with Crippen molar-refractivity contribution in [1.82, 2.24) is 14.8 Å². The van der Waals surface area contributed by atoms with Crippen molar-refractivity contribution in [3.05, 3.63) is 46.3 Å². The van der Waals surface area contributed by atoms with Gasteiger partial charge in [0, 0.05) is 16.7 Å². The third kappa shape index (κ3) is 4.06. The minimum Gasteiger partial charge on any atom is -0.325 e. The van der Waals surface area contributed by atoms with E-state index in [4.69, 9.17) is 0 Å². The topological polar surface area (TPSA) is 59.8 Å². The Balaban J connectivity index is 1.64. The average molecular weight is 423 g/mol. The summed E-state index contributed by atoms with van der Waals surface area (Å²) >= 11 is 6.40. The van der Waals surface area contributed by atoms with Crippen LogP contribution in [0.1, 0.15) is 6.92 Å². The molecule has 1 amide bonds. The number of thiophene rings is 1. The summed E-state index contributed by atoms with van der Waals surface area (Å²) in [6.45, 7) is 2.81. The SMILES string of the molecule is CCn1c(SCC(=O)Nc2ccc(Br)cc2)nnc1-c1cccs1. The number of nitrogens with zero attached hydrogens (tertiary/aromatic N) is 3. The van der Waals surface area contributed by atoms with E-state index < -0.39 is 0 Å². The summed E-state index contributed by atoms with van der Waals surface area (Å²) in [5.41, 5.74) is 0.778. The number of nitrogens with one attached hydrogen (secondary N) is 1. The number of anilines is 1. The fourth-order valence-corrected chi connectivity index (χ4v) is 3.91. The molecule has 3 aromatic rings. The smallest absolute Gasteiger partial charge is 0.234 e. The summed E-state index contributed by atoms with van der Waals surface area (Å²) in [6, 6.07) is 11.5. The van der Waals surface area contributed by atoms with Gasteiger partial charge in [0.2, 0.25) is 5.91 Å². The Morgan fingerprint density at radius 3 is 2.75 bits per heavy atom. The lowest BCUT2D eigenvalue weighted by Crippen LogP contribution is -2.14. The van der Waals surface area contributed by atoms with E-state index in [0.717, 1.165) is 32.6 Å². The quantitative estimate of drug-likeness (QED) is 0.593. The first kappa shape index (κ1) is 17.2. The fourth-order valence-electron chi connectivity index (χ4n) is 2.13. The van der Waals surface area contributed by atoms with Crippen molar-refractivity contribution in [2.24, 2.45) is 0 Å². The molecule has 0 fully saturated rings. The van der Waals surface area contributed by atoms with Crippen molar-refractivity contribution in [1.29, 1.82) is 0 Å². The number of rotatable bonds is 6. The van der Waals surface area contributed by atoms with Gasteiger partial charge in [-0.2, -0.15) is 0 Å². The molecule has 2 aromatic heterocycles. The standard InChI is InChI=1S/C16H15BrN4OS2/c1-2-21-15(13-4-3-9-23-13)19-20-16(21)24-10-14(22)18-12-7-5-11(17)6-8-12/h3-9H,2,10H2,1H3,(H,18,22). The number of halogens is 1. The van der Waals surface area contributed by atoms with E-state index in [2.05, 4.69) is 31.4 Å². The molecular weight excluding hydrogens is 408 g/mol. The third-order valence-electron chi connectivity index (χ3n) is 3.23. The average Bonchev–Trinajstić information content (AvgIpc) is 3.23. The highest BCUT2D eigenvalue weighted by molar-refractivity contribution is 9.10. The van der Waals surface area contributed by atoms with Gasteiger partial charge >= 0.3 is 0 Å². The van der Waals surface area contributed by atoms with E-state index in [1.165, 1.54) is 11.8 Å². The largest absolute Gasteiger partial charge is 0.325 e. The summed E-state index contributed by atoms with van der Waals surface area (Å²) in [7, 11) is 0. The van der Waals surface area contributed by atoms with Gasteiger partial charge in [0.15, 0.2) is 11.0 Å². The maximum absolute atomic E-state index is 12.1. The predicted molar refractivity (Wildman–Crippen MR) is 103 cm³/mol. The van der Waals surface area contributed by atoms with Gasteiger partial charge in [0.25, 0.3) is 0 Å². The molecule has 0 saturated carbocycles. The van der Waals surface area contributed by atoms with Crippen LogP contribution in [0.15, 0.2) is 51.4 Å². The summed E-state index contributed by atoms with van der Waals surface area (Å²) in [4.78, 5) is 13.2. The van der Waals surface area contributed by atoms with Gasteiger partial charge in [0.05, 0.1) is 10.6 Å². The minimum atomic E-state index is -0.0642. The third-order valence-corrected chi connectivity index (χ3v) is 5.60. The van der Waals surface area contributed by atoms with Crippen LogP contribution in [0.4, 0.5) is 5.69 Å². The van der Waals surface area contributed by atoms with Gasteiger partial charge in [-0.1, -0.05) is 33.8 Å². The van der Waals surface area contributed by atoms with Crippen molar-refractivity contribution < 1.29 is 4.79 Å². The summed E-state index contributed by atoms with van der Waals surface area (Å²) in [5.74, 6) is 1.08. The molecule has 3 rings (SSSR count). The summed E-state index contributed by atoms with van der Waals surface area (Å²) < 4.78 is 3.01. The lowest BCUT2D eigenvalue weighted by Gasteiger charge is -2.07. The molecule has 1 N–H and O–H groups in total. The lowest BCUT2D eigenvalue weighted by atomic mass is 10.3. The Morgan fingerprint density at radius 2 is 2.08 bits per heavy atom. The molecule has 0 aliphatic heterocycles. The van der Waals surface area contributed by atoms with E-state index in [9.17, 15) is 4.79 Å². The maximum Gasteiger partial charge on any atom is 0.234 e. The molecular formula is C16H15BrN4OS2. The molecule has 0 spiro atoms. The zero-order valence-electron chi connectivity index (χ0n) is 12.9. The Kier molecular flexibility index (Phi) is 5.70. The van der Waals surface area contributed by atoms with Gasteiger partial charge in [-0.3, -0.25) is 4.79 Å². The van der Waals surface area contributed by atoms with Crippen LogP contribution in [0.2, 0.25) is 0 Å². The molecule has 0 unspecified atom stereocenters. The zero-order valence-corrected chi connectivity index (χ0v) is 16.1. The molecule has 124 valence electrons. The molecule has 0 saturated heterocycles. The zero-order chi connectivity index (χ0) is 16.9. The molecule has 0 atom stereocenters. The van der Waals surface area contributed by atoms with E-state index in [1.807, 2.05) is 53.3 Å². The normalized spacial score (nSPS) is 10.8. The maximum atomic E-state index is 12.1. The first-order valence-corrected chi connectivity index (χ1v) is 9.98. The van der Waals surface area contributed by atoms with Crippen molar-refractivity contribution in [2.75, 3.05) is 11.1 Å². The fraction of sp³-hybridized carbons (Fsp3) is 0.188. The van der Waals surface area contributed by atoms with Crippen molar-refractivity contribution >= 4 is 50.6 Å². The molecule has 0 bridgehead atoms. The van der Waals surface area contributed by atoms with Gasteiger partial charge in [0.1, 0.15) is 0 Å².